The molecule has 4 rings (SSSR count). The van der Waals surface area contributed by atoms with E-state index < -0.39 is 5.60 Å². The van der Waals surface area contributed by atoms with Gasteiger partial charge >= 0.3 is 0 Å². The fourth-order valence-corrected chi connectivity index (χ4v) is 6.40. The second-order valence-corrected chi connectivity index (χ2v) is 11.7. The van der Waals surface area contributed by atoms with Crippen LogP contribution in [0.2, 0.25) is 0 Å². The standard InChI is InChI=1S/C19H28O.C10H18O.CH4/c1-12(2)15-10-14-7-8-16-13(3)6-5-9-19(16,4)17(14)11-18(15)20;1-8(2)10(11)6-4-9(3)5-7-10;/h10-13,16,20H,5-9H2,1-4H3;4,8,11H,5-7H2,1-3H3;1H4. The van der Waals surface area contributed by atoms with Crippen LogP contribution in [0.4, 0.5) is 0 Å². The number of rotatable bonds is 2. The van der Waals surface area contributed by atoms with Crippen molar-refractivity contribution < 1.29 is 10.2 Å². The van der Waals surface area contributed by atoms with E-state index in [-0.39, 0.29) is 12.8 Å². The molecule has 0 bridgehead atoms. The second kappa shape index (κ2) is 10.3. The SMILES string of the molecule is C.CC(C)c1cc2c(cc1O)C1(C)CCCC(C)C1CC2.CC1=CCC(O)(C(C)C)CC1. The maximum Gasteiger partial charge on any atom is 0.119 e. The number of fused-ring (bicyclic) bond motifs is 3. The Balaban J connectivity index is 0.000000259. The number of aromatic hydroxyl groups is 1. The van der Waals surface area contributed by atoms with Gasteiger partial charge in [0.1, 0.15) is 5.75 Å². The molecule has 3 aliphatic rings. The van der Waals surface area contributed by atoms with Crippen molar-refractivity contribution in [3.8, 4) is 5.75 Å². The van der Waals surface area contributed by atoms with Gasteiger partial charge in [0.15, 0.2) is 0 Å². The summed E-state index contributed by atoms with van der Waals surface area (Å²) in [7, 11) is 0. The molecule has 4 atom stereocenters. The molecule has 1 fully saturated rings. The smallest absolute Gasteiger partial charge is 0.119 e. The van der Waals surface area contributed by atoms with Crippen molar-refractivity contribution in [3.63, 3.8) is 0 Å². The molecule has 1 aromatic rings. The summed E-state index contributed by atoms with van der Waals surface area (Å²) in [6, 6.07) is 4.39. The summed E-state index contributed by atoms with van der Waals surface area (Å²) in [4.78, 5) is 0. The van der Waals surface area contributed by atoms with Gasteiger partial charge in [-0.3, -0.25) is 0 Å². The normalized spacial score (nSPS) is 31.6. The molecule has 32 heavy (non-hydrogen) atoms. The molecule has 0 heterocycles. The topological polar surface area (TPSA) is 40.5 Å². The summed E-state index contributed by atoms with van der Waals surface area (Å²) in [6.07, 6.45) is 11.5. The summed E-state index contributed by atoms with van der Waals surface area (Å²) in [5.74, 6) is 2.92. The van der Waals surface area contributed by atoms with Gasteiger partial charge in [-0.2, -0.15) is 0 Å². The van der Waals surface area contributed by atoms with Gasteiger partial charge in [-0.1, -0.05) is 79.5 Å². The number of phenols is 1. The van der Waals surface area contributed by atoms with Gasteiger partial charge in [-0.15, -0.1) is 0 Å². The average Bonchev–Trinajstić information content (AvgIpc) is 2.70. The first-order chi connectivity index (χ1) is 14.5. The highest BCUT2D eigenvalue weighted by Crippen LogP contribution is 2.53. The number of hydrogen-bond acceptors (Lipinski definition) is 2. The van der Waals surface area contributed by atoms with Gasteiger partial charge in [0, 0.05) is 0 Å². The molecule has 0 amide bonds. The highest BCUT2D eigenvalue weighted by Gasteiger charge is 2.45. The van der Waals surface area contributed by atoms with Crippen LogP contribution in [0.25, 0.3) is 0 Å². The maximum absolute atomic E-state index is 10.4. The lowest BCUT2D eigenvalue weighted by Gasteiger charge is -2.49. The highest BCUT2D eigenvalue weighted by atomic mass is 16.3. The van der Waals surface area contributed by atoms with E-state index in [2.05, 4.69) is 66.7 Å². The third-order valence-corrected chi connectivity index (χ3v) is 8.91. The Bertz CT molecular complexity index is 805. The van der Waals surface area contributed by atoms with Crippen molar-refractivity contribution in [2.75, 3.05) is 0 Å². The Kier molecular flexibility index (Phi) is 8.70. The number of aliphatic hydroxyl groups is 1. The number of phenolic OH excluding ortho intramolecular Hbond substituents is 1. The predicted molar refractivity (Wildman–Crippen MR) is 139 cm³/mol. The van der Waals surface area contributed by atoms with Crippen LogP contribution in [0.15, 0.2) is 23.8 Å². The first-order valence-corrected chi connectivity index (χ1v) is 12.7. The van der Waals surface area contributed by atoms with Crippen LogP contribution in [0.5, 0.6) is 5.75 Å². The van der Waals surface area contributed by atoms with Crippen molar-refractivity contribution in [1.29, 1.82) is 0 Å². The Morgan fingerprint density at radius 2 is 1.72 bits per heavy atom. The lowest BCUT2D eigenvalue weighted by atomic mass is 9.55. The zero-order chi connectivity index (χ0) is 23.0. The summed E-state index contributed by atoms with van der Waals surface area (Å²) >= 11 is 0. The van der Waals surface area contributed by atoms with E-state index in [1.165, 1.54) is 48.8 Å². The third-order valence-electron chi connectivity index (χ3n) is 8.91. The van der Waals surface area contributed by atoms with E-state index in [4.69, 9.17) is 0 Å². The molecule has 2 N–H and O–H groups in total. The van der Waals surface area contributed by atoms with Crippen LogP contribution < -0.4 is 0 Å². The van der Waals surface area contributed by atoms with Gasteiger partial charge < -0.3 is 10.2 Å². The van der Waals surface area contributed by atoms with Crippen LogP contribution in [-0.2, 0) is 11.8 Å². The largest absolute Gasteiger partial charge is 0.508 e. The monoisotopic (exact) mass is 442 g/mol. The van der Waals surface area contributed by atoms with E-state index in [0.717, 1.165) is 36.7 Å². The van der Waals surface area contributed by atoms with Crippen LogP contribution in [0.1, 0.15) is 123 Å². The molecular weight excluding hydrogens is 392 g/mol. The zero-order valence-electron chi connectivity index (χ0n) is 21.1. The van der Waals surface area contributed by atoms with E-state index >= 15 is 0 Å². The van der Waals surface area contributed by atoms with Gasteiger partial charge in [0.05, 0.1) is 5.60 Å². The summed E-state index contributed by atoms with van der Waals surface area (Å²) in [6.45, 7) is 15.5. The molecular formula is C30H50O2. The maximum atomic E-state index is 10.4. The molecule has 2 heteroatoms. The van der Waals surface area contributed by atoms with Gasteiger partial charge in [-0.25, -0.2) is 0 Å². The number of benzene rings is 1. The first kappa shape index (κ1) is 27.0. The summed E-state index contributed by atoms with van der Waals surface area (Å²) in [5.41, 5.74) is 5.36. The number of hydrogen-bond donors (Lipinski definition) is 2. The van der Waals surface area contributed by atoms with Gasteiger partial charge in [0.25, 0.3) is 0 Å². The minimum atomic E-state index is -0.417. The molecule has 0 aromatic heterocycles. The van der Waals surface area contributed by atoms with Crippen molar-refractivity contribution >= 4 is 0 Å². The van der Waals surface area contributed by atoms with E-state index in [0.29, 0.717) is 17.6 Å². The average molecular weight is 443 g/mol. The summed E-state index contributed by atoms with van der Waals surface area (Å²) in [5, 5.41) is 20.4. The van der Waals surface area contributed by atoms with Crippen LogP contribution >= 0.6 is 0 Å². The molecule has 4 unspecified atom stereocenters. The van der Waals surface area contributed by atoms with Crippen molar-refractivity contribution in [2.45, 2.75) is 124 Å². The van der Waals surface area contributed by atoms with Gasteiger partial charge in [0.2, 0.25) is 0 Å². The van der Waals surface area contributed by atoms with E-state index in [1.54, 1.807) is 0 Å². The minimum Gasteiger partial charge on any atom is -0.508 e. The van der Waals surface area contributed by atoms with Crippen LogP contribution in [0.3, 0.4) is 0 Å². The Hall–Kier alpha value is -1.28. The van der Waals surface area contributed by atoms with Crippen LogP contribution in [-0.4, -0.2) is 15.8 Å². The van der Waals surface area contributed by atoms with E-state index in [1.807, 2.05) is 0 Å². The predicted octanol–water partition coefficient (Wildman–Crippen LogP) is 8.30. The lowest BCUT2D eigenvalue weighted by Crippen LogP contribution is -2.43. The van der Waals surface area contributed by atoms with Gasteiger partial charge in [-0.05, 0) is 97.3 Å². The Morgan fingerprint density at radius 3 is 2.28 bits per heavy atom. The second-order valence-electron chi connectivity index (χ2n) is 11.7. The van der Waals surface area contributed by atoms with E-state index in [9.17, 15) is 10.2 Å². The molecule has 0 aliphatic heterocycles. The lowest BCUT2D eigenvalue weighted by molar-refractivity contribution is -0.0140. The fraction of sp³-hybridized carbons (Fsp3) is 0.733. The zero-order valence-corrected chi connectivity index (χ0v) is 21.1. The van der Waals surface area contributed by atoms with Crippen molar-refractivity contribution in [2.24, 2.45) is 17.8 Å². The molecule has 2 nitrogen and oxygen atoms in total. The summed E-state index contributed by atoms with van der Waals surface area (Å²) < 4.78 is 0. The Labute approximate surface area is 198 Å². The van der Waals surface area contributed by atoms with Crippen molar-refractivity contribution in [1.82, 2.24) is 0 Å². The molecule has 3 aliphatic carbocycles. The molecule has 0 saturated heterocycles. The quantitative estimate of drug-likeness (QED) is 0.452. The van der Waals surface area contributed by atoms with Crippen LogP contribution in [0, 0.1) is 17.8 Å². The third kappa shape index (κ3) is 5.27. The highest BCUT2D eigenvalue weighted by molar-refractivity contribution is 5.48. The minimum absolute atomic E-state index is 0. The van der Waals surface area contributed by atoms with Crippen molar-refractivity contribution in [3.05, 3.63) is 40.5 Å². The molecule has 1 aromatic carbocycles. The molecule has 0 spiro atoms. The Morgan fingerprint density at radius 1 is 1.03 bits per heavy atom. The fourth-order valence-electron chi connectivity index (χ4n) is 6.40. The molecule has 182 valence electrons. The molecule has 0 radical (unpaired) electrons. The first-order valence-electron chi connectivity index (χ1n) is 12.7. The number of aryl methyl sites for hydroxylation is 1. The molecule has 1 saturated carbocycles. The number of allylic oxidation sites excluding steroid dienone is 1.